The van der Waals surface area contributed by atoms with Crippen LogP contribution in [0.15, 0.2) is 47.4 Å². The number of benzene rings is 2. The molecule has 4 amide bonds. The molecular weight excluding hydrogens is 641 g/mol. The Hall–Kier alpha value is -4.20. The van der Waals surface area contributed by atoms with Crippen LogP contribution in [0.2, 0.25) is 0 Å². The number of nitrogens with one attached hydrogen (secondary N) is 3. The average Bonchev–Trinajstić information content (AvgIpc) is 3.30. The molecule has 0 unspecified atom stereocenters. The van der Waals surface area contributed by atoms with Gasteiger partial charge in [-0.15, -0.1) is 0 Å². The number of ether oxygens (including phenoxy) is 1. The molecule has 6 aliphatic rings. The SMILES string of the molecule is CC(=O)N1C[C@H](OC(=O)N2Cc3cccc(F)c3C2)C[C@H]1C(=O)N[C@]12CC13CC(CCCCCNc1ccccc1S(=O)(=O)NC2=O)C3. The lowest BCUT2D eigenvalue weighted by Gasteiger charge is -2.40. The minimum Gasteiger partial charge on any atom is -0.444 e. The maximum atomic E-state index is 14.3. The molecule has 4 heterocycles. The number of nitrogens with zero attached hydrogens (tertiary/aromatic N) is 2. The van der Waals surface area contributed by atoms with Gasteiger partial charge in [0, 0.05) is 37.4 Å². The standard InChI is InChI=1S/C34H40FN5O7S/c1-21(41)40-18-24(47-32(44)39-17-23-9-7-10-26(35)25(23)19-39)14-28(40)30(42)37-34-20-33(34)15-22(16-33)8-3-2-6-13-36-27-11-4-5-12-29(27)48(45,46)38-31(34)43/h4-5,7,9-12,22,24,28,36H,2-3,6,8,13-20H2,1H3,(H,37,42)(H,38,43)/t22?,24-,28+,33?,34+/m1/s1. The number of rotatable bonds is 3. The van der Waals surface area contributed by atoms with Gasteiger partial charge in [0.25, 0.3) is 15.9 Å². The molecule has 2 saturated carbocycles. The Balaban J connectivity index is 1.08. The predicted molar refractivity (Wildman–Crippen MR) is 171 cm³/mol. The van der Waals surface area contributed by atoms with Crippen LogP contribution in [-0.4, -0.2) is 72.8 Å². The molecule has 2 bridgehead atoms. The maximum Gasteiger partial charge on any atom is 0.410 e. The first-order valence-electron chi connectivity index (χ1n) is 16.6. The van der Waals surface area contributed by atoms with Gasteiger partial charge >= 0.3 is 6.09 Å². The summed E-state index contributed by atoms with van der Waals surface area (Å²) in [4.78, 5) is 56.4. The van der Waals surface area contributed by atoms with Gasteiger partial charge in [-0.3, -0.25) is 19.3 Å². The van der Waals surface area contributed by atoms with E-state index in [1.54, 1.807) is 30.3 Å². The molecule has 0 aromatic heterocycles. The number of para-hydroxylation sites is 1. The number of carbonyl (C=O) groups is 4. The fourth-order valence-electron chi connectivity index (χ4n) is 8.33. The minimum absolute atomic E-state index is 0.00301. The molecule has 0 radical (unpaired) electrons. The van der Waals surface area contributed by atoms with Gasteiger partial charge in [0.1, 0.15) is 28.4 Å². The Morgan fingerprint density at radius 3 is 2.60 bits per heavy atom. The fraction of sp³-hybridized carbons (Fsp3) is 0.529. The van der Waals surface area contributed by atoms with Crippen LogP contribution in [0.4, 0.5) is 14.9 Å². The largest absolute Gasteiger partial charge is 0.444 e. The summed E-state index contributed by atoms with van der Waals surface area (Å²) in [6, 6.07) is 10.0. The van der Waals surface area contributed by atoms with Crippen LogP contribution < -0.4 is 15.4 Å². The van der Waals surface area contributed by atoms with Crippen molar-refractivity contribution < 1.29 is 36.7 Å². The maximum absolute atomic E-state index is 14.3. The third-order valence-corrected chi connectivity index (χ3v) is 12.3. The molecule has 4 aliphatic heterocycles. The van der Waals surface area contributed by atoms with Crippen LogP contribution >= 0.6 is 0 Å². The molecule has 14 heteroatoms. The van der Waals surface area contributed by atoms with Crippen molar-refractivity contribution in [3.8, 4) is 0 Å². The fourth-order valence-corrected chi connectivity index (χ4v) is 9.55. The Bertz CT molecular complexity index is 1780. The Morgan fingerprint density at radius 2 is 1.83 bits per heavy atom. The molecule has 3 fully saturated rings. The molecule has 3 atom stereocenters. The molecule has 8 rings (SSSR count). The van der Waals surface area contributed by atoms with Crippen LogP contribution in [0.1, 0.15) is 69.4 Å². The Morgan fingerprint density at radius 1 is 1.04 bits per heavy atom. The first kappa shape index (κ1) is 32.4. The van der Waals surface area contributed by atoms with E-state index in [1.807, 2.05) is 0 Å². The zero-order chi connectivity index (χ0) is 33.8. The van der Waals surface area contributed by atoms with E-state index < -0.39 is 62.8 Å². The molecule has 12 nitrogen and oxygen atoms in total. The van der Waals surface area contributed by atoms with Crippen LogP contribution in [0.5, 0.6) is 0 Å². The molecule has 48 heavy (non-hydrogen) atoms. The van der Waals surface area contributed by atoms with Crippen molar-refractivity contribution in [1.29, 1.82) is 0 Å². The number of likely N-dealkylation sites (tertiary alicyclic amines) is 1. The van der Waals surface area contributed by atoms with Gasteiger partial charge in [0.15, 0.2) is 0 Å². The second kappa shape index (κ2) is 12.0. The second-order valence-electron chi connectivity index (χ2n) is 14.0. The van der Waals surface area contributed by atoms with E-state index in [0.29, 0.717) is 48.5 Å². The summed E-state index contributed by atoms with van der Waals surface area (Å²) in [5, 5.41) is 6.10. The van der Waals surface area contributed by atoms with E-state index in [1.165, 1.54) is 28.9 Å². The summed E-state index contributed by atoms with van der Waals surface area (Å²) in [6.07, 6.45) is 4.06. The lowest BCUT2D eigenvalue weighted by Crippen LogP contribution is -2.59. The lowest BCUT2D eigenvalue weighted by atomic mass is 9.67. The normalized spacial score (nSPS) is 30.5. The topological polar surface area (TPSA) is 154 Å². The monoisotopic (exact) mass is 681 g/mol. The van der Waals surface area contributed by atoms with Gasteiger partial charge in [-0.25, -0.2) is 22.3 Å². The number of hydrogen-bond donors (Lipinski definition) is 3. The smallest absolute Gasteiger partial charge is 0.410 e. The zero-order valence-corrected chi connectivity index (χ0v) is 27.6. The van der Waals surface area contributed by atoms with Crippen molar-refractivity contribution in [2.45, 2.75) is 94.0 Å². The molecule has 3 N–H and O–H groups in total. The van der Waals surface area contributed by atoms with Crippen molar-refractivity contribution in [3.63, 3.8) is 0 Å². The summed E-state index contributed by atoms with van der Waals surface area (Å²) in [6.45, 7) is 2.12. The van der Waals surface area contributed by atoms with Crippen molar-refractivity contribution in [2.75, 3.05) is 18.4 Å². The van der Waals surface area contributed by atoms with Crippen molar-refractivity contribution >= 4 is 39.5 Å². The van der Waals surface area contributed by atoms with E-state index >= 15 is 0 Å². The second-order valence-corrected chi connectivity index (χ2v) is 15.6. The van der Waals surface area contributed by atoms with E-state index in [9.17, 15) is 32.0 Å². The van der Waals surface area contributed by atoms with Crippen molar-refractivity contribution in [3.05, 3.63) is 59.4 Å². The van der Waals surface area contributed by atoms with Crippen LogP contribution in [0, 0.1) is 17.2 Å². The molecule has 1 spiro atoms. The van der Waals surface area contributed by atoms with Gasteiger partial charge in [0.05, 0.1) is 18.8 Å². The van der Waals surface area contributed by atoms with Crippen molar-refractivity contribution in [1.82, 2.24) is 19.8 Å². The summed E-state index contributed by atoms with van der Waals surface area (Å²) >= 11 is 0. The van der Waals surface area contributed by atoms with Gasteiger partial charge < -0.3 is 20.3 Å². The van der Waals surface area contributed by atoms with Crippen LogP contribution in [0.25, 0.3) is 0 Å². The minimum atomic E-state index is -4.30. The van der Waals surface area contributed by atoms with E-state index in [2.05, 4.69) is 15.4 Å². The first-order valence-corrected chi connectivity index (χ1v) is 18.1. The number of fused-ring (bicyclic) bond motifs is 8. The average molecular weight is 682 g/mol. The predicted octanol–water partition coefficient (Wildman–Crippen LogP) is 3.41. The van der Waals surface area contributed by atoms with Crippen LogP contribution in [0.3, 0.4) is 0 Å². The first-order chi connectivity index (χ1) is 22.9. The highest BCUT2D eigenvalue weighted by atomic mass is 32.2. The number of sulfonamides is 1. The van der Waals surface area contributed by atoms with Gasteiger partial charge in [-0.1, -0.05) is 43.5 Å². The van der Waals surface area contributed by atoms with Gasteiger partial charge in [-0.2, -0.15) is 0 Å². The van der Waals surface area contributed by atoms with Crippen molar-refractivity contribution in [2.24, 2.45) is 11.3 Å². The van der Waals surface area contributed by atoms with E-state index in [4.69, 9.17) is 4.74 Å². The third kappa shape index (κ3) is 5.67. The lowest BCUT2D eigenvalue weighted by molar-refractivity contribution is -0.139. The van der Waals surface area contributed by atoms with Crippen LogP contribution in [-0.2, 0) is 42.2 Å². The quantitative estimate of drug-likeness (QED) is 0.446. The number of hydrogen-bond acceptors (Lipinski definition) is 8. The third-order valence-electron chi connectivity index (χ3n) is 10.9. The number of carbonyl (C=O) groups excluding carboxylic acids is 4. The molecule has 2 aliphatic carbocycles. The molecule has 2 aromatic carbocycles. The summed E-state index contributed by atoms with van der Waals surface area (Å²) < 4.78 is 49.4. The highest BCUT2D eigenvalue weighted by Gasteiger charge is 2.77. The molecular formula is C34H40FN5O7S. The summed E-state index contributed by atoms with van der Waals surface area (Å²) in [7, 11) is -4.30. The molecule has 1 saturated heterocycles. The summed E-state index contributed by atoms with van der Waals surface area (Å²) in [5.41, 5.74) is -0.518. The Kier molecular flexibility index (Phi) is 8.12. The number of amides is 4. The highest BCUT2D eigenvalue weighted by Crippen LogP contribution is 2.71. The van der Waals surface area contributed by atoms with Gasteiger partial charge in [0.2, 0.25) is 11.8 Å². The van der Waals surface area contributed by atoms with E-state index in [0.717, 1.165) is 25.7 Å². The number of halogens is 1. The van der Waals surface area contributed by atoms with Gasteiger partial charge in [-0.05, 0) is 55.4 Å². The molecule has 256 valence electrons. The highest BCUT2D eigenvalue weighted by molar-refractivity contribution is 7.90. The Labute approximate surface area is 278 Å². The summed E-state index contributed by atoms with van der Waals surface area (Å²) in [5.74, 6) is -1.83. The number of anilines is 1. The molecule has 2 aromatic rings. The van der Waals surface area contributed by atoms with E-state index in [-0.39, 0.29) is 31.0 Å². The zero-order valence-electron chi connectivity index (χ0n) is 26.8.